The normalized spacial score (nSPS) is 8.71. The van der Waals surface area contributed by atoms with Crippen LogP contribution in [0.2, 0.25) is 0 Å². The fourth-order valence-corrected chi connectivity index (χ4v) is 1.87. The second kappa shape index (κ2) is 6.79. The molecule has 0 rings (SSSR count). The van der Waals surface area contributed by atoms with E-state index in [4.69, 9.17) is 0 Å². The summed E-state index contributed by atoms with van der Waals surface area (Å²) in [5.41, 5.74) is 0. The Morgan fingerprint density at radius 1 is 1.57 bits per heavy atom. The molecule has 42 valence electrons. The van der Waals surface area contributed by atoms with Gasteiger partial charge in [0, 0.05) is 10.8 Å². The lowest BCUT2D eigenvalue weighted by Crippen LogP contribution is -1.60. The molecule has 0 heterocycles. The van der Waals surface area contributed by atoms with E-state index in [1.54, 1.807) is 21.6 Å². The number of thiol groups is 1. The van der Waals surface area contributed by atoms with Crippen molar-refractivity contribution >= 4 is 34.2 Å². The van der Waals surface area contributed by atoms with Crippen molar-refractivity contribution in [2.24, 2.45) is 0 Å². The summed E-state index contributed by atoms with van der Waals surface area (Å²) in [4.78, 5) is 0. The first-order valence-corrected chi connectivity index (χ1v) is 5.00. The molecule has 0 saturated heterocycles. The molecule has 0 nitrogen and oxygen atoms in total. The lowest BCUT2D eigenvalue weighted by Gasteiger charge is -1.87. The van der Waals surface area contributed by atoms with E-state index in [2.05, 4.69) is 19.2 Å². The largest absolute Gasteiger partial charge is 0.167 e. The quantitative estimate of drug-likeness (QED) is 0.216. The van der Waals surface area contributed by atoms with Crippen molar-refractivity contribution in [1.82, 2.24) is 0 Å². The Morgan fingerprint density at radius 3 is 2.71 bits per heavy atom. The molecular weight excluding hydrogens is 144 g/mol. The maximum Gasteiger partial charge on any atom is 0.0466 e. The summed E-state index contributed by atoms with van der Waals surface area (Å²) in [6, 6.07) is 0. The van der Waals surface area contributed by atoms with Gasteiger partial charge in [0.25, 0.3) is 0 Å². The maximum absolute atomic E-state index is 4.00. The standard InChI is InChI=1S/C4H8S3/c1-2-3-6-7-4-5/h2,5H,1,3-4H2. The van der Waals surface area contributed by atoms with Crippen LogP contribution in [0.4, 0.5) is 0 Å². The smallest absolute Gasteiger partial charge is 0.0466 e. The molecule has 0 aromatic heterocycles. The van der Waals surface area contributed by atoms with Gasteiger partial charge in [-0.15, -0.1) is 6.58 Å². The highest BCUT2D eigenvalue weighted by atomic mass is 33.1. The molecule has 0 spiro atoms. The topological polar surface area (TPSA) is 0 Å². The van der Waals surface area contributed by atoms with Crippen LogP contribution in [-0.4, -0.2) is 10.8 Å². The summed E-state index contributed by atoms with van der Waals surface area (Å²) >= 11 is 4.00. The molecule has 0 aliphatic rings. The molecule has 0 N–H and O–H groups in total. The minimum absolute atomic E-state index is 0.887. The third-order valence-corrected chi connectivity index (χ3v) is 3.14. The molecule has 0 amide bonds. The summed E-state index contributed by atoms with van der Waals surface area (Å²) in [7, 11) is 3.52. The highest BCUT2D eigenvalue weighted by molar-refractivity contribution is 8.77. The van der Waals surface area contributed by atoms with Gasteiger partial charge in [-0.25, -0.2) is 0 Å². The van der Waals surface area contributed by atoms with Crippen molar-refractivity contribution in [2.75, 3.05) is 10.8 Å². The van der Waals surface area contributed by atoms with Crippen LogP contribution in [0, 0.1) is 0 Å². The summed E-state index contributed by atoms with van der Waals surface area (Å²) in [5, 5.41) is 0.887. The van der Waals surface area contributed by atoms with Crippen LogP contribution in [-0.2, 0) is 0 Å². The van der Waals surface area contributed by atoms with Gasteiger partial charge in [0.15, 0.2) is 0 Å². The van der Waals surface area contributed by atoms with Gasteiger partial charge in [-0.05, 0) is 0 Å². The molecule has 0 aliphatic heterocycles. The fourth-order valence-electron chi connectivity index (χ4n) is 0.133. The minimum atomic E-state index is 0.887. The molecule has 0 aromatic rings. The second-order valence-corrected chi connectivity index (χ2v) is 4.07. The third kappa shape index (κ3) is 6.79. The number of hydrogen-bond acceptors (Lipinski definition) is 3. The van der Waals surface area contributed by atoms with Crippen molar-refractivity contribution in [3.8, 4) is 0 Å². The van der Waals surface area contributed by atoms with Crippen molar-refractivity contribution in [1.29, 1.82) is 0 Å². The molecule has 3 heteroatoms. The molecular formula is C4H8S3. The molecule has 0 saturated carbocycles. The summed E-state index contributed by atoms with van der Waals surface area (Å²) in [5.74, 6) is 1.02. The van der Waals surface area contributed by atoms with Gasteiger partial charge in [-0.1, -0.05) is 27.7 Å². The molecule has 7 heavy (non-hydrogen) atoms. The van der Waals surface area contributed by atoms with Crippen LogP contribution in [0.15, 0.2) is 12.7 Å². The number of rotatable bonds is 4. The van der Waals surface area contributed by atoms with Gasteiger partial charge < -0.3 is 0 Å². The van der Waals surface area contributed by atoms with E-state index in [9.17, 15) is 0 Å². The average molecular weight is 152 g/mol. The van der Waals surface area contributed by atoms with Gasteiger partial charge >= 0.3 is 0 Å². The lowest BCUT2D eigenvalue weighted by molar-refractivity contribution is 1.84. The van der Waals surface area contributed by atoms with E-state index in [0.29, 0.717) is 0 Å². The van der Waals surface area contributed by atoms with Crippen LogP contribution < -0.4 is 0 Å². The second-order valence-electron chi connectivity index (χ2n) is 0.820. The highest BCUT2D eigenvalue weighted by Crippen LogP contribution is 2.20. The number of hydrogen-bond donors (Lipinski definition) is 1. The molecule has 0 aromatic carbocycles. The van der Waals surface area contributed by atoms with Crippen molar-refractivity contribution in [2.45, 2.75) is 0 Å². The molecule has 0 aliphatic carbocycles. The van der Waals surface area contributed by atoms with Gasteiger partial charge in [0.05, 0.1) is 0 Å². The predicted molar refractivity (Wildman–Crippen MR) is 44.1 cm³/mol. The van der Waals surface area contributed by atoms with Crippen molar-refractivity contribution in [3.63, 3.8) is 0 Å². The van der Waals surface area contributed by atoms with Gasteiger partial charge in [0.2, 0.25) is 0 Å². The first-order chi connectivity index (χ1) is 3.41. The Kier molecular flexibility index (Phi) is 7.56. The van der Waals surface area contributed by atoms with Crippen LogP contribution in [0.25, 0.3) is 0 Å². The minimum Gasteiger partial charge on any atom is -0.167 e. The van der Waals surface area contributed by atoms with E-state index < -0.39 is 0 Å². The van der Waals surface area contributed by atoms with E-state index in [0.717, 1.165) is 10.8 Å². The van der Waals surface area contributed by atoms with Crippen molar-refractivity contribution in [3.05, 3.63) is 12.7 Å². The van der Waals surface area contributed by atoms with Crippen molar-refractivity contribution < 1.29 is 0 Å². The first kappa shape index (κ1) is 7.79. The van der Waals surface area contributed by atoms with E-state index in [1.165, 1.54) is 0 Å². The Morgan fingerprint density at radius 2 is 2.29 bits per heavy atom. The van der Waals surface area contributed by atoms with Gasteiger partial charge in [-0.3, -0.25) is 0 Å². The highest BCUT2D eigenvalue weighted by Gasteiger charge is 1.78. The van der Waals surface area contributed by atoms with E-state index >= 15 is 0 Å². The molecule has 0 radical (unpaired) electrons. The van der Waals surface area contributed by atoms with E-state index in [1.807, 2.05) is 6.08 Å². The zero-order valence-corrected chi connectivity index (χ0v) is 6.49. The maximum atomic E-state index is 4.00. The molecule has 0 unspecified atom stereocenters. The van der Waals surface area contributed by atoms with Crippen LogP contribution >= 0.6 is 34.2 Å². The van der Waals surface area contributed by atoms with Crippen LogP contribution in [0.1, 0.15) is 0 Å². The first-order valence-electron chi connectivity index (χ1n) is 1.88. The Balaban J connectivity index is 2.56. The Labute approximate surface area is 57.9 Å². The SMILES string of the molecule is C=CCSSCS. The average Bonchev–Trinajstić information content (AvgIpc) is 1.69. The third-order valence-electron chi connectivity index (χ3n) is 0.322. The summed E-state index contributed by atoms with van der Waals surface area (Å²) < 4.78 is 0. The molecule has 0 bridgehead atoms. The van der Waals surface area contributed by atoms with E-state index in [-0.39, 0.29) is 0 Å². The Hall–Kier alpha value is 0.790. The zero-order chi connectivity index (χ0) is 5.54. The fraction of sp³-hybridized carbons (Fsp3) is 0.500. The monoisotopic (exact) mass is 152 g/mol. The summed E-state index contributed by atoms with van der Waals surface area (Å²) in [6.45, 7) is 3.57. The van der Waals surface area contributed by atoms with Gasteiger partial charge in [0.1, 0.15) is 0 Å². The summed E-state index contributed by atoms with van der Waals surface area (Å²) in [6.07, 6.45) is 1.89. The van der Waals surface area contributed by atoms with Crippen LogP contribution in [0.5, 0.6) is 0 Å². The van der Waals surface area contributed by atoms with Gasteiger partial charge in [-0.2, -0.15) is 12.6 Å². The predicted octanol–water partition coefficient (Wildman–Crippen LogP) is 2.44. The van der Waals surface area contributed by atoms with Crippen LogP contribution in [0.3, 0.4) is 0 Å². The Bertz CT molecular complexity index is 44.2. The molecule has 0 fully saturated rings. The zero-order valence-electron chi connectivity index (χ0n) is 3.96. The molecule has 0 atom stereocenters. The lowest BCUT2D eigenvalue weighted by atomic mass is 10.8.